The van der Waals surface area contributed by atoms with E-state index >= 15 is 0 Å². The average Bonchev–Trinajstić information content (AvgIpc) is 3.35. The van der Waals surface area contributed by atoms with Crippen molar-refractivity contribution >= 4 is 22.6 Å². The molecule has 0 radical (unpaired) electrons. The molecule has 1 saturated heterocycles. The zero-order chi connectivity index (χ0) is 28.4. The van der Waals surface area contributed by atoms with Crippen LogP contribution in [0, 0.1) is 0 Å². The Morgan fingerprint density at radius 2 is 1.80 bits per heavy atom. The van der Waals surface area contributed by atoms with Crippen molar-refractivity contribution in [2.75, 3.05) is 59.1 Å². The number of hydrogen-bond donors (Lipinski definition) is 2. The number of H-pyrrole nitrogens is 1. The van der Waals surface area contributed by atoms with Gasteiger partial charge in [0.05, 0.1) is 5.56 Å². The molecule has 0 spiro atoms. The predicted molar refractivity (Wildman–Crippen MR) is 149 cm³/mol. The maximum atomic E-state index is 13.4. The fourth-order valence-electron chi connectivity index (χ4n) is 4.89. The number of nitrogens with one attached hydrogen (secondary N) is 1. The Bertz CT molecular complexity index is 1510. The van der Waals surface area contributed by atoms with Crippen LogP contribution in [-0.4, -0.2) is 90.3 Å². The van der Waals surface area contributed by atoms with E-state index in [1.54, 1.807) is 42.7 Å². The van der Waals surface area contributed by atoms with Gasteiger partial charge in [-0.3, -0.25) is 9.69 Å². The number of hydrogen-bond acceptors (Lipinski definition) is 6. The molecule has 11 heteroatoms. The maximum Gasteiger partial charge on any atom is 0.573 e. The number of piperazine rings is 1. The van der Waals surface area contributed by atoms with Crippen LogP contribution < -0.4 is 10.5 Å². The van der Waals surface area contributed by atoms with Crippen LogP contribution in [0.15, 0.2) is 60.9 Å². The van der Waals surface area contributed by atoms with Gasteiger partial charge in [-0.1, -0.05) is 24.3 Å². The molecule has 1 amide bonds. The van der Waals surface area contributed by atoms with Crippen molar-refractivity contribution in [3.63, 3.8) is 0 Å². The molecule has 1 aliphatic rings. The predicted octanol–water partition coefficient (Wildman–Crippen LogP) is 4.70. The molecule has 0 bridgehead atoms. The summed E-state index contributed by atoms with van der Waals surface area (Å²) in [6.45, 7) is 4.76. The first-order valence-corrected chi connectivity index (χ1v) is 13.0. The first-order valence-electron chi connectivity index (χ1n) is 13.0. The highest BCUT2D eigenvalue weighted by molar-refractivity contribution is 6.01. The standard InChI is InChI=1S/C29H31F3N6O2/c1-36(2)9-10-37-11-13-38(14-12-37)28(39)23-15-19(7-8-25(23)33)20-16-22-24(18-35-27(22)34-17-20)21-5-3-4-6-26(21)40-29(30,31)32/h3-8,15-18H,9-14,33H2,1-2H3,(H,34,35). The lowest BCUT2D eigenvalue weighted by atomic mass is 9.99. The van der Waals surface area contributed by atoms with Crippen LogP contribution in [0.5, 0.6) is 5.75 Å². The first kappa shape index (κ1) is 27.5. The van der Waals surface area contributed by atoms with E-state index in [1.165, 1.54) is 12.1 Å². The number of benzene rings is 2. The third-order valence-corrected chi connectivity index (χ3v) is 7.07. The van der Waals surface area contributed by atoms with Crippen LogP contribution in [0.4, 0.5) is 18.9 Å². The van der Waals surface area contributed by atoms with Crippen LogP contribution in [-0.2, 0) is 0 Å². The molecule has 3 heterocycles. The molecule has 1 aliphatic heterocycles. The fourth-order valence-corrected chi connectivity index (χ4v) is 4.89. The minimum absolute atomic E-state index is 0.124. The molecule has 5 rings (SSSR count). The topological polar surface area (TPSA) is 90.7 Å². The van der Waals surface area contributed by atoms with Gasteiger partial charge in [0, 0.05) is 79.4 Å². The molecule has 8 nitrogen and oxygen atoms in total. The summed E-state index contributed by atoms with van der Waals surface area (Å²) in [4.78, 5) is 27.2. The van der Waals surface area contributed by atoms with Crippen LogP contribution >= 0.6 is 0 Å². The van der Waals surface area contributed by atoms with E-state index in [4.69, 9.17) is 5.73 Å². The number of nitrogens with two attached hydrogens (primary N) is 1. The minimum atomic E-state index is -4.82. The Morgan fingerprint density at radius 1 is 1.05 bits per heavy atom. The second kappa shape index (κ2) is 11.2. The third-order valence-electron chi connectivity index (χ3n) is 7.07. The van der Waals surface area contributed by atoms with Crippen molar-refractivity contribution in [2.45, 2.75) is 6.36 Å². The van der Waals surface area contributed by atoms with Gasteiger partial charge in [0.25, 0.3) is 5.91 Å². The number of amides is 1. The molecule has 0 saturated carbocycles. The molecule has 2 aromatic heterocycles. The van der Waals surface area contributed by atoms with Gasteiger partial charge in [0.1, 0.15) is 11.4 Å². The van der Waals surface area contributed by atoms with Crippen molar-refractivity contribution in [1.82, 2.24) is 24.7 Å². The number of aromatic nitrogens is 2. The molecular weight excluding hydrogens is 521 g/mol. The smallest absolute Gasteiger partial charge is 0.405 e. The lowest BCUT2D eigenvalue weighted by Crippen LogP contribution is -2.50. The summed E-state index contributed by atoms with van der Waals surface area (Å²) in [5.41, 5.74) is 9.77. The van der Waals surface area contributed by atoms with Crippen molar-refractivity contribution < 1.29 is 22.7 Å². The molecule has 2 aromatic carbocycles. The van der Waals surface area contributed by atoms with Gasteiger partial charge < -0.3 is 25.3 Å². The van der Waals surface area contributed by atoms with Gasteiger partial charge in [-0.15, -0.1) is 13.2 Å². The molecule has 0 aliphatic carbocycles. The number of anilines is 1. The van der Waals surface area contributed by atoms with E-state index < -0.39 is 6.36 Å². The first-order chi connectivity index (χ1) is 19.1. The van der Waals surface area contributed by atoms with E-state index in [0.29, 0.717) is 46.5 Å². The van der Waals surface area contributed by atoms with E-state index in [9.17, 15) is 18.0 Å². The number of pyridine rings is 1. The summed E-state index contributed by atoms with van der Waals surface area (Å²) in [5.74, 6) is -0.426. The SMILES string of the molecule is CN(C)CCN1CCN(C(=O)c2cc(-c3cnc4[nH]cc(-c5ccccc5OC(F)(F)F)c4c3)ccc2N)CC1. The lowest BCUT2D eigenvalue weighted by molar-refractivity contribution is -0.274. The van der Waals surface area contributed by atoms with Gasteiger partial charge in [-0.25, -0.2) is 4.98 Å². The van der Waals surface area contributed by atoms with Crippen molar-refractivity contribution in [3.05, 3.63) is 66.5 Å². The van der Waals surface area contributed by atoms with Gasteiger partial charge in [-0.05, 0) is 43.9 Å². The summed E-state index contributed by atoms with van der Waals surface area (Å²) in [5, 5.41) is 0.620. The minimum Gasteiger partial charge on any atom is -0.405 e. The van der Waals surface area contributed by atoms with E-state index in [0.717, 1.165) is 31.7 Å². The second-order valence-corrected chi connectivity index (χ2v) is 10.1. The molecule has 210 valence electrons. The van der Waals surface area contributed by atoms with Crippen LogP contribution in [0.3, 0.4) is 0 Å². The zero-order valence-corrected chi connectivity index (χ0v) is 22.3. The number of ether oxygens (including phenoxy) is 1. The number of nitrogen functional groups attached to an aromatic ring is 1. The van der Waals surface area contributed by atoms with Crippen molar-refractivity contribution in [2.24, 2.45) is 0 Å². The number of aromatic amines is 1. The number of carbonyl (C=O) groups excluding carboxylic acids is 1. The number of alkyl halides is 3. The van der Waals surface area contributed by atoms with Crippen molar-refractivity contribution in [3.8, 4) is 28.0 Å². The number of para-hydroxylation sites is 1. The zero-order valence-electron chi connectivity index (χ0n) is 22.3. The third kappa shape index (κ3) is 6.05. The maximum absolute atomic E-state index is 13.4. The Balaban J connectivity index is 1.41. The number of nitrogens with zero attached hydrogens (tertiary/aromatic N) is 4. The van der Waals surface area contributed by atoms with Gasteiger partial charge >= 0.3 is 6.36 Å². The number of likely N-dealkylation sites (N-methyl/N-ethyl adjacent to an activating group) is 1. The quantitative estimate of drug-likeness (QED) is 0.323. The lowest BCUT2D eigenvalue weighted by Gasteiger charge is -2.35. The van der Waals surface area contributed by atoms with E-state index in [2.05, 4.69) is 24.5 Å². The average molecular weight is 553 g/mol. The van der Waals surface area contributed by atoms with Crippen LogP contribution in [0.2, 0.25) is 0 Å². The number of halogens is 3. The van der Waals surface area contributed by atoms with Crippen LogP contribution in [0.25, 0.3) is 33.3 Å². The Hall–Kier alpha value is -4.09. The monoisotopic (exact) mass is 552 g/mol. The number of carbonyl (C=O) groups is 1. The molecular formula is C29H31F3N6O2. The molecule has 1 fully saturated rings. The molecule has 0 unspecified atom stereocenters. The van der Waals surface area contributed by atoms with Crippen molar-refractivity contribution in [1.29, 1.82) is 0 Å². The molecule has 4 aromatic rings. The summed E-state index contributed by atoms with van der Waals surface area (Å²) in [6.07, 6.45) is -1.56. The summed E-state index contributed by atoms with van der Waals surface area (Å²) in [6, 6.07) is 13.1. The fraction of sp³-hybridized carbons (Fsp3) is 0.310. The Kier molecular flexibility index (Phi) is 7.68. The molecule has 0 atom stereocenters. The Morgan fingerprint density at radius 3 is 2.52 bits per heavy atom. The van der Waals surface area contributed by atoms with Gasteiger partial charge in [-0.2, -0.15) is 0 Å². The summed E-state index contributed by atoms with van der Waals surface area (Å²) >= 11 is 0. The number of fused-ring (bicyclic) bond motifs is 1. The highest BCUT2D eigenvalue weighted by Crippen LogP contribution is 2.38. The largest absolute Gasteiger partial charge is 0.573 e. The summed E-state index contributed by atoms with van der Waals surface area (Å²) < 4.78 is 43.4. The number of rotatable bonds is 7. The normalized spacial score (nSPS) is 14.7. The Labute approximate surface area is 230 Å². The van der Waals surface area contributed by atoms with Crippen LogP contribution in [0.1, 0.15) is 10.4 Å². The second-order valence-electron chi connectivity index (χ2n) is 10.1. The van der Waals surface area contributed by atoms with E-state index in [1.807, 2.05) is 25.1 Å². The van der Waals surface area contributed by atoms with Gasteiger partial charge in [0.15, 0.2) is 0 Å². The summed E-state index contributed by atoms with van der Waals surface area (Å²) in [7, 11) is 4.09. The van der Waals surface area contributed by atoms with Gasteiger partial charge in [0.2, 0.25) is 0 Å². The van der Waals surface area contributed by atoms with E-state index in [-0.39, 0.29) is 17.2 Å². The highest BCUT2D eigenvalue weighted by Gasteiger charge is 2.32. The molecule has 40 heavy (non-hydrogen) atoms. The molecule has 3 N–H and O–H groups in total. The highest BCUT2D eigenvalue weighted by atomic mass is 19.4.